The van der Waals surface area contributed by atoms with Crippen molar-refractivity contribution in [3.05, 3.63) is 0 Å². The highest BCUT2D eigenvalue weighted by Gasteiger charge is 2.53. The van der Waals surface area contributed by atoms with E-state index in [1.54, 1.807) is 11.8 Å². The fraction of sp³-hybridized carbons (Fsp3) is 0.667. The Morgan fingerprint density at radius 1 is 1.57 bits per heavy atom. The van der Waals surface area contributed by atoms with Crippen molar-refractivity contribution >= 4 is 24.3 Å². The lowest BCUT2D eigenvalue weighted by Crippen LogP contribution is -2.52. The van der Waals surface area contributed by atoms with Gasteiger partial charge >= 0.3 is 0 Å². The number of ether oxygens (including phenoxy) is 2. The van der Waals surface area contributed by atoms with Crippen LogP contribution in [0, 0.1) is 5.41 Å². The Kier molecular flexibility index (Phi) is 3.36. The first kappa shape index (κ1) is 14.3. The fourth-order valence-electron chi connectivity index (χ4n) is 2.70. The summed E-state index contributed by atoms with van der Waals surface area (Å²) in [5.74, 6) is 0.567. The molecule has 1 fully saturated rings. The van der Waals surface area contributed by atoms with Gasteiger partial charge in [0.2, 0.25) is 0 Å². The van der Waals surface area contributed by atoms with Crippen LogP contribution >= 0.6 is 0 Å². The highest BCUT2D eigenvalue weighted by molar-refractivity contribution is 6.23. The molecule has 1 saturated heterocycles. The first-order valence-corrected chi connectivity index (χ1v) is 6.53. The number of methoxy groups -OCH3 is 1. The van der Waals surface area contributed by atoms with Crippen LogP contribution in [0.3, 0.4) is 0 Å². The van der Waals surface area contributed by atoms with Crippen LogP contribution < -0.4 is 0 Å². The number of nitrogens with zero attached hydrogens (tertiary/aromatic N) is 4. The minimum Gasteiger partial charge on any atom is -0.394 e. The van der Waals surface area contributed by atoms with E-state index in [0.717, 1.165) is 0 Å². The SMILES string of the molecule is CO[C@@H]1[C@H](O)[C@@H](CO)O[C@H]1N1C=NC2(C)C(=N)N=CN=C12. The number of hydrogen-bond acceptors (Lipinski definition) is 8. The van der Waals surface area contributed by atoms with Gasteiger partial charge in [0.05, 0.1) is 12.9 Å². The monoisotopic (exact) mass is 295 g/mol. The molecule has 0 spiro atoms. The Morgan fingerprint density at radius 3 is 3.00 bits per heavy atom. The van der Waals surface area contributed by atoms with Gasteiger partial charge in [-0.05, 0) is 6.92 Å². The van der Waals surface area contributed by atoms with E-state index in [1.165, 1.54) is 19.8 Å². The van der Waals surface area contributed by atoms with Gasteiger partial charge in [-0.25, -0.2) is 9.98 Å². The van der Waals surface area contributed by atoms with Crippen molar-refractivity contribution in [2.75, 3.05) is 13.7 Å². The van der Waals surface area contributed by atoms with Crippen molar-refractivity contribution in [2.45, 2.75) is 37.0 Å². The Bertz CT molecular complexity index is 548. The normalized spacial score (nSPS) is 41.6. The molecule has 0 aliphatic carbocycles. The molecule has 0 radical (unpaired) electrons. The predicted molar refractivity (Wildman–Crippen MR) is 74.9 cm³/mol. The average molecular weight is 295 g/mol. The maximum Gasteiger partial charge on any atom is 0.176 e. The Labute approximate surface area is 121 Å². The van der Waals surface area contributed by atoms with Crippen LogP contribution in [-0.4, -0.2) is 83.3 Å². The van der Waals surface area contributed by atoms with Crippen LogP contribution in [0.1, 0.15) is 6.92 Å². The summed E-state index contributed by atoms with van der Waals surface area (Å²) in [6.07, 6.45) is -0.235. The molecule has 0 aromatic rings. The minimum atomic E-state index is -0.960. The van der Waals surface area contributed by atoms with Gasteiger partial charge in [0.15, 0.2) is 17.6 Å². The zero-order valence-electron chi connectivity index (χ0n) is 11.7. The number of nitrogens with one attached hydrogen (secondary N) is 1. The summed E-state index contributed by atoms with van der Waals surface area (Å²) in [6, 6.07) is 0. The van der Waals surface area contributed by atoms with E-state index >= 15 is 0 Å². The van der Waals surface area contributed by atoms with Crippen LogP contribution in [-0.2, 0) is 9.47 Å². The van der Waals surface area contributed by atoms with Crippen LogP contribution in [0.4, 0.5) is 0 Å². The van der Waals surface area contributed by atoms with Crippen molar-refractivity contribution < 1.29 is 19.7 Å². The molecule has 0 bridgehead atoms. The lowest BCUT2D eigenvalue weighted by atomic mass is 9.99. The van der Waals surface area contributed by atoms with Gasteiger partial charge in [-0.2, -0.15) is 0 Å². The first-order chi connectivity index (χ1) is 10.0. The number of amidine groups is 2. The quantitative estimate of drug-likeness (QED) is 0.591. The largest absolute Gasteiger partial charge is 0.394 e. The third kappa shape index (κ3) is 1.93. The number of aliphatic hydroxyl groups is 2. The first-order valence-electron chi connectivity index (χ1n) is 6.53. The average Bonchev–Trinajstić information content (AvgIpc) is 2.98. The highest BCUT2D eigenvalue weighted by atomic mass is 16.6. The lowest BCUT2D eigenvalue weighted by molar-refractivity contribution is -0.0581. The second-order valence-corrected chi connectivity index (χ2v) is 5.21. The molecule has 5 atom stereocenters. The summed E-state index contributed by atoms with van der Waals surface area (Å²) in [5, 5.41) is 27.3. The molecule has 1 unspecified atom stereocenters. The second-order valence-electron chi connectivity index (χ2n) is 5.21. The molecular weight excluding hydrogens is 278 g/mol. The van der Waals surface area contributed by atoms with Crippen molar-refractivity contribution in [3.63, 3.8) is 0 Å². The van der Waals surface area contributed by atoms with E-state index in [0.29, 0.717) is 5.84 Å². The molecule has 114 valence electrons. The molecule has 9 heteroatoms. The van der Waals surface area contributed by atoms with E-state index in [1.807, 2.05) is 0 Å². The molecule has 3 rings (SSSR count). The van der Waals surface area contributed by atoms with Gasteiger partial charge in [0, 0.05) is 7.11 Å². The van der Waals surface area contributed by atoms with Crippen LogP contribution in [0.5, 0.6) is 0 Å². The van der Waals surface area contributed by atoms with E-state index in [4.69, 9.17) is 14.9 Å². The maximum absolute atomic E-state index is 10.1. The van der Waals surface area contributed by atoms with Crippen molar-refractivity contribution in [3.8, 4) is 0 Å². The van der Waals surface area contributed by atoms with Crippen molar-refractivity contribution in [1.82, 2.24) is 4.90 Å². The molecule has 9 nitrogen and oxygen atoms in total. The standard InChI is InChI=1S/C12H17N5O4/c1-12-10(13)14-4-15-11(12)17(5-16-12)9-8(20-2)7(19)6(3-18)21-9/h4-9,13,18-19H,3H2,1-2H3/t6-,7-,8-,9-,12?/m1/s1. The number of rotatable bonds is 3. The van der Waals surface area contributed by atoms with Crippen LogP contribution in [0.2, 0.25) is 0 Å². The minimum absolute atomic E-state index is 0.0810. The molecule has 0 aromatic heterocycles. The number of fused-ring (bicyclic) bond motifs is 1. The zero-order chi connectivity index (χ0) is 15.2. The molecular formula is C12H17N5O4. The zero-order valence-corrected chi connectivity index (χ0v) is 11.7. The number of aliphatic hydroxyl groups excluding tert-OH is 2. The molecule has 0 aromatic carbocycles. The van der Waals surface area contributed by atoms with Crippen LogP contribution in [0.25, 0.3) is 0 Å². The predicted octanol–water partition coefficient (Wildman–Crippen LogP) is -1.40. The summed E-state index contributed by atoms with van der Waals surface area (Å²) in [5.41, 5.74) is -0.960. The molecule has 0 amide bonds. The summed E-state index contributed by atoms with van der Waals surface area (Å²) in [4.78, 5) is 14.0. The smallest absolute Gasteiger partial charge is 0.176 e. The molecule has 21 heavy (non-hydrogen) atoms. The third-order valence-electron chi connectivity index (χ3n) is 3.99. The van der Waals surface area contributed by atoms with Gasteiger partial charge in [0.1, 0.15) is 30.5 Å². The topological polar surface area (TPSA) is 123 Å². The molecule has 3 heterocycles. The number of aliphatic imine (C=N–C) groups is 3. The summed E-state index contributed by atoms with van der Waals surface area (Å²) < 4.78 is 10.9. The van der Waals surface area contributed by atoms with E-state index in [2.05, 4.69) is 15.0 Å². The Balaban J connectivity index is 1.92. The Morgan fingerprint density at radius 2 is 2.33 bits per heavy atom. The van der Waals surface area contributed by atoms with Gasteiger partial charge < -0.3 is 19.7 Å². The molecule has 3 aliphatic rings. The van der Waals surface area contributed by atoms with E-state index in [-0.39, 0.29) is 12.4 Å². The van der Waals surface area contributed by atoms with Gasteiger partial charge in [-0.15, -0.1) is 0 Å². The molecule has 3 aliphatic heterocycles. The summed E-state index contributed by atoms with van der Waals surface area (Å²) in [7, 11) is 1.46. The fourth-order valence-corrected chi connectivity index (χ4v) is 2.70. The van der Waals surface area contributed by atoms with Crippen molar-refractivity contribution in [2.24, 2.45) is 15.0 Å². The summed E-state index contributed by atoms with van der Waals surface area (Å²) in [6.45, 7) is 1.42. The summed E-state index contributed by atoms with van der Waals surface area (Å²) >= 11 is 0. The van der Waals surface area contributed by atoms with Gasteiger partial charge in [-0.1, -0.05) is 0 Å². The maximum atomic E-state index is 10.1. The number of hydrogen-bond donors (Lipinski definition) is 3. The van der Waals surface area contributed by atoms with Crippen LogP contribution in [0.15, 0.2) is 15.0 Å². The van der Waals surface area contributed by atoms with Gasteiger partial charge in [0.25, 0.3) is 0 Å². The van der Waals surface area contributed by atoms with E-state index < -0.39 is 30.1 Å². The van der Waals surface area contributed by atoms with Crippen molar-refractivity contribution in [1.29, 1.82) is 5.41 Å². The molecule has 3 N–H and O–H groups in total. The van der Waals surface area contributed by atoms with Gasteiger partial charge in [-0.3, -0.25) is 15.3 Å². The Hall–Kier alpha value is -1.68. The second kappa shape index (κ2) is 4.95. The highest BCUT2D eigenvalue weighted by Crippen LogP contribution is 2.32. The lowest BCUT2D eigenvalue weighted by Gasteiger charge is -2.31. The third-order valence-corrected chi connectivity index (χ3v) is 3.99. The molecule has 0 saturated carbocycles. The van der Waals surface area contributed by atoms with E-state index in [9.17, 15) is 10.2 Å².